The smallest absolute Gasteiger partial charge is 0.165 e. The van der Waals surface area contributed by atoms with Gasteiger partial charge in [0.2, 0.25) is 0 Å². The van der Waals surface area contributed by atoms with Crippen molar-refractivity contribution in [2.24, 2.45) is 0 Å². The third-order valence-corrected chi connectivity index (χ3v) is 4.92. The number of aromatic nitrogens is 4. The number of imidazole rings is 1. The van der Waals surface area contributed by atoms with Crippen molar-refractivity contribution in [2.75, 3.05) is 6.61 Å². The van der Waals surface area contributed by atoms with Crippen molar-refractivity contribution in [3.8, 4) is 0 Å². The molecule has 2 aromatic heterocycles. The topological polar surface area (TPSA) is 114 Å². The summed E-state index contributed by atoms with van der Waals surface area (Å²) in [7, 11) is 0. The molecule has 0 spiro atoms. The summed E-state index contributed by atoms with van der Waals surface area (Å²) in [5.41, 5.74) is 2.24. The number of aliphatic hydroxyl groups excluding tert-OH is 3. The van der Waals surface area contributed by atoms with Crippen LogP contribution in [-0.4, -0.2) is 59.8 Å². The van der Waals surface area contributed by atoms with Gasteiger partial charge < -0.3 is 20.1 Å². The first kappa shape index (κ1) is 14.9. The van der Waals surface area contributed by atoms with Crippen LogP contribution in [0.5, 0.6) is 0 Å². The quantitative estimate of drug-likeness (QED) is 0.734. The van der Waals surface area contributed by atoms with E-state index in [9.17, 15) is 15.3 Å². The summed E-state index contributed by atoms with van der Waals surface area (Å²) in [5, 5.41) is 29.3. The highest BCUT2D eigenvalue weighted by molar-refractivity contribution is 5.73. The molecule has 4 atom stereocenters. The molecule has 0 bridgehead atoms. The molecule has 4 unspecified atom stereocenters. The van der Waals surface area contributed by atoms with Crippen LogP contribution in [0.1, 0.15) is 43.5 Å². The maximum atomic E-state index is 10.2. The van der Waals surface area contributed by atoms with Crippen molar-refractivity contribution in [1.29, 1.82) is 0 Å². The third-order valence-electron chi connectivity index (χ3n) is 4.92. The van der Waals surface area contributed by atoms with Gasteiger partial charge in [-0.15, -0.1) is 0 Å². The molecule has 0 radical (unpaired) electrons. The molecule has 23 heavy (non-hydrogen) atoms. The van der Waals surface area contributed by atoms with E-state index in [0.29, 0.717) is 11.6 Å². The van der Waals surface area contributed by atoms with Gasteiger partial charge in [-0.1, -0.05) is 12.8 Å². The van der Waals surface area contributed by atoms with Crippen molar-refractivity contribution in [3.05, 3.63) is 18.3 Å². The normalized spacial score (nSPS) is 32.1. The summed E-state index contributed by atoms with van der Waals surface area (Å²) in [6, 6.07) is 0. The van der Waals surface area contributed by atoms with Gasteiger partial charge in [-0.2, -0.15) is 0 Å². The lowest BCUT2D eigenvalue weighted by molar-refractivity contribution is -0.0511. The molecule has 8 heteroatoms. The fourth-order valence-electron chi connectivity index (χ4n) is 3.66. The summed E-state index contributed by atoms with van der Waals surface area (Å²) in [5.74, 6) is 0.397. The molecular weight excluding hydrogens is 300 g/mol. The number of rotatable bonds is 3. The Morgan fingerprint density at radius 1 is 1.13 bits per heavy atom. The summed E-state index contributed by atoms with van der Waals surface area (Å²) < 4.78 is 7.18. The van der Waals surface area contributed by atoms with Crippen LogP contribution in [0.4, 0.5) is 0 Å². The predicted molar refractivity (Wildman–Crippen MR) is 79.5 cm³/mol. The first-order chi connectivity index (χ1) is 11.2. The third kappa shape index (κ3) is 2.33. The minimum atomic E-state index is -1.14. The zero-order valence-electron chi connectivity index (χ0n) is 12.6. The van der Waals surface area contributed by atoms with Gasteiger partial charge in [-0.05, 0) is 12.8 Å². The Morgan fingerprint density at radius 2 is 1.91 bits per heavy atom. The molecule has 124 valence electrons. The Bertz CT molecular complexity index is 700. The Hall–Kier alpha value is -1.61. The van der Waals surface area contributed by atoms with Crippen LogP contribution in [0.2, 0.25) is 0 Å². The molecular formula is C15H20N4O4. The van der Waals surface area contributed by atoms with Crippen LogP contribution in [0.15, 0.2) is 12.7 Å². The van der Waals surface area contributed by atoms with Crippen molar-refractivity contribution in [2.45, 2.75) is 56.1 Å². The molecule has 2 aromatic rings. The van der Waals surface area contributed by atoms with E-state index in [-0.39, 0.29) is 6.61 Å². The molecule has 2 fully saturated rings. The molecule has 1 saturated carbocycles. The summed E-state index contributed by atoms with van der Waals surface area (Å²) >= 11 is 0. The molecule has 4 rings (SSSR count). The van der Waals surface area contributed by atoms with Crippen LogP contribution < -0.4 is 0 Å². The molecule has 3 N–H and O–H groups in total. The van der Waals surface area contributed by atoms with Crippen LogP contribution in [0, 0.1) is 0 Å². The number of aliphatic hydroxyl groups is 3. The Morgan fingerprint density at radius 3 is 2.61 bits per heavy atom. The van der Waals surface area contributed by atoms with E-state index in [1.54, 1.807) is 10.9 Å². The summed E-state index contributed by atoms with van der Waals surface area (Å²) in [6.45, 7) is -0.357. The fraction of sp³-hybridized carbons (Fsp3) is 0.667. The van der Waals surface area contributed by atoms with E-state index in [2.05, 4.69) is 15.0 Å². The highest BCUT2D eigenvalue weighted by Crippen LogP contribution is 2.37. The van der Waals surface area contributed by atoms with Crippen LogP contribution in [-0.2, 0) is 4.74 Å². The fourth-order valence-corrected chi connectivity index (χ4v) is 3.66. The lowest BCUT2D eigenvalue weighted by Crippen LogP contribution is -2.33. The molecule has 1 aliphatic heterocycles. The maximum absolute atomic E-state index is 10.2. The van der Waals surface area contributed by atoms with Crippen LogP contribution >= 0.6 is 0 Å². The summed E-state index contributed by atoms with van der Waals surface area (Å²) in [4.78, 5) is 13.1. The molecule has 0 amide bonds. The Kier molecular flexibility index (Phi) is 3.76. The van der Waals surface area contributed by atoms with Gasteiger partial charge in [0.25, 0.3) is 0 Å². The number of hydrogen-bond donors (Lipinski definition) is 3. The molecule has 1 aliphatic carbocycles. The standard InChI is InChI=1S/C15H20N4O4/c20-5-9-12(21)13(22)15(23-9)19-7-18-11-10(8-3-1-2-4-8)16-6-17-14(11)19/h6-9,12-13,15,20-22H,1-5H2. The predicted octanol–water partition coefficient (Wildman–Crippen LogP) is 0.0954. The van der Waals surface area contributed by atoms with Crippen LogP contribution in [0.25, 0.3) is 11.2 Å². The van der Waals surface area contributed by atoms with E-state index in [0.717, 1.165) is 24.1 Å². The molecule has 2 aliphatic rings. The largest absolute Gasteiger partial charge is 0.394 e. The van der Waals surface area contributed by atoms with E-state index in [1.807, 2.05) is 0 Å². The minimum Gasteiger partial charge on any atom is -0.394 e. The number of ether oxygens (including phenoxy) is 1. The SMILES string of the molecule is OCC1OC(n2cnc3c(C4CCCC4)ncnc32)C(O)C1O. The van der Waals surface area contributed by atoms with Gasteiger partial charge in [0, 0.05) is 5.92 Å². The lowest BCUT2D eigenvalue weighted by atomic mass is 10.0. The number of nitrogens with zero attached hydrogens (tertiary/aromatic N) is 4. The van der Waals surface area contributed by atoms with Crippen LogP contribution in [0.3, 0.4) is 0 Å². The Balaban J connectivity index is 1.73. The van der Waals surface area contributed by atoms with E-state index in [1.165, 1.54) is 19.2 Å². The average molecular weight is 320 g/mol. The van der Waals surface area contributed by atoms with E-state index in [4.69, 9.17) is 4.74 Å². The molecule has 1 saturated heterocycles. The Labute approximate surface area is 132 Å². The van der Waals surface area contributed by atoms with Gasteiger partial charge in [0.1, 0.15) is 30.2 Å². The second-order valence-corrected chi connectivity index (χ2v) is 6.29. The van der Waals surface area contributed by atoms with Gasteiger partial charge in [0.05, 0.1) is 18.6 Å². The van der Waals surface area contributed by atoms with Crippen molar-refractivity contribution in [1.82, 2.24) is 19.5 Å². The second kappa shape index (κ2) is 5.79. The van der Waals surface area contributed by atoms with E-state index >= 15 is 0 Å². The first-order valence-corrected chi connectivity index (χ1v) is 8.00. The number of hydrogen-bond acceptors (Lipinski definition) is 7. The molecule has 3 heterocycles. The zero-order valence-corrected chi connectivity index (χ0v) is 12.6. The monoisotopic (exact) mass is 320 g/mol. The highest BCUT2D eigenvalue weighted by atomic mass is 16.6. The molecule has 8 nitrogen and oxygen atoms in total. The van der Waals surface area contributed by atoms with Gasteiger partial charge in [-0.3, -0.25) is 4.57 Å². The highest BCUT2D eigenvalue weighted by Gasteiger charge is 2.44. The first-order valence-electron chi connectivity index (χ1n) is 8.00. The zero-order chi connectivity index (χ0) is 16.0. The second-order valence-electron chi connectivity index (χ2n) is 6.29. The molecule has 0 aromatic carbocycles. The maximum Gasteiger partial charge on any atom is 0.165 e. The number of fused-ring (bicyclic) bond motifs is 1. The van der Waals surface area contributed by atoms with Crippen molar-refractivity contribution >= 4 is 11.2 Å². The van der Waals surface area contributed by atoms with Gasteiger partial charge >= 0.3 is 0 Å². The van der Waals surface area contributed by atoms with Crippen molar-refractivity contribution < 1.29 is 20.1 Å². The van der Waals surface area contributed by atoms with Crippen molar-refractivity contribution in [3.63, 3.8) is 0 Å². The average Bonchev–Trinajstić information content (AvgIpc) is 3.28. The summed E-state index contributed by atoms with van der Waals surface area (Å²) in [6.07, 6.45) is 3.75. The minimum absolute atomic E-state index is 0.357. The lowest BCUT2D eigenvalue weighted by Gasteiger charge is -2.16. The van der Waals surface area contributed by atoms with Gasteiger partial charge in [0.15, 0.2) is 11.9 Å². The van der Waals surface area contributed by atoms with E-state index < -0.39 is 24.5 Å². The van der Waals surface area contributed by atoms with Gasteiger partial charge in [-0.25, -0.2) is 15.0 Å².